The zero-order chi connectivity index (χ0) is 23.0. The first-order valence-corrected chi connectivity index (χ1v) is 21.6. The Morgan fingerprint density at radius 2 is 1.22 bits per heavy atom. The topological polar surface area (TPSA) is 58.2 Å². The van der Waals surface area contributed by atoms with Crippen LogP contribution in [0.5, 0.6) is 0 Å². The van der Waals surface area contributed by atoms with Crippen molar-refractivity contribution in [1.82, 2.24) is 10.5 Å². The normalized spacial score (nSPS) is 19.6. The monoisotopic (exact) mass is 545 g/mol. The van der Waals surface area contributed by atoms with E-state index in [9.17, 15) is 9.59 Å². The summed E-state index contributed by atoms with van der Waals surface area (Å²) in [4.78, 5) is 25.2. The number of nitrogens with one attached hydrogen (secondary N) is 2. The Bertz CT molecular complexity index is 1050. The van der Waals surface area contributed by atoms with E-state index in [1.54, 1.807) is 13.8 Å². The molecule has 0 bridgehead atoms. The second-order valence-corrected chi connectivity index (χ2v) is 30.1. The molecule has 8 heteroatoms. The van der Waals surface area contributed by atoms with Crippen LogP contribution in [0.3, 0.4) is 0 Å². The predicted octanol–water partition coefficient (Wildman–Crippen LogP) is 5.56. The number of allylic oxidation sites excluding steroid dienone is 2. The molecule has 2 unspecified atom stereocenters. The third kappa shape index (κ3) is 3.85. The van der Waals surface area contributed by atoms with Gasteiger partial charge in [0.05, 0.1) is 0 Å². The standard InChI is InChI=1S/2C9H7.C6H11BN2O2.2ClH.Zr/c2*1-2-5-9-7-3-6-8(9)4-1;1-3-5(10)8-7-9-6(11)4-2;;;/h2*1-7H;3-4H2,1-2H3,(H-,8,9,10,11);2*1H;/q;;;;;+1/p-1. The van der Waals surface area contributed by atoms with Crippen molar-refractivity contribution in [3.05, 3.63) is 82.9 Å². The molecular weight excluding hydrogens is 521 g/mol. The van der Waals surface area contributed by atoms with Crippen molar-refractivity contribution in [2.75, 3.05) is 0 Å². The van der Waals surface area contributed by atoms with E-state index in [0.717, 1.165) is 22.3 Å². The van der Waals surface area contributed by atoms with Crippen LogP contribution < -0.4 is 10.5 Å². The molecule has 0 spiro atoms. The van der Waals surface area contributed by atoms with E-state index in [4.69, 9.17) is 17.0 Å². The summed E-state index contributed by atoms with van der Waals surface area (Å²) in [6.45, 7) is 3.55. The molecule has 0 heterocycles. The predicted molar refractivity (Wildman–Crippen MR) is 131 cm³/mol. The Morgan fingerprint density at radius 1 is 0.812 bits per heavy atom. The van der Waals surface area contributed by atoms with E-state index < -0.39 is 20.7 Å². The van der Waals surface area contributed by atoms with Crippen molar-refractivity contribution in [3.8, 4) is 0 Å². The van der Waals surface area contributed by atoms with Crippen LogP contribution >= 0.6 is 17.0 Å². The molecule has 2 amide bonds. The van der Waals surface area contributed by atoms with Gasteiger partial charge >= 0.3 is 199 Å². The number of benzene rings is 2. The fourth-order valence-corrected chi connectivity index (χ4v) is 22.0. The molecule has 0 aliphatic heterocycles. The van der Waals surface area contributed by atoms with Crippen LogP contribution in [0.4, 0.5) is 0 Å². The average Bonchev–Trinajstić information content (AvgIpc) is 3.44. The molecule has 32 heavy (non-hydrogen) atoms. The third-order valence-electron chi connectivity index (χ3n) is 6.59. The Hall–Kier alpha value is -1.61. The van der Waals surface area contributed by atoms with E-state index >= 15 is 0 Å². The first-order chi connectivity index (χ1) is 15.3. The van der Waals surface area contributed by atoms with Gasteiger partial charge in [-0.15, -0.1) is 0 Å². The van der Waals surface area contributed by atoms with E-state index in [1.807, 2.05) is 60.7 Å². The summed E-state index contributed by atoms with van der Waals surface area (Å²) in [5, 5.41) is 6.04. The molecule has 0 saturated carbocycles. The summed E-state index contributed by atoms with van der Waals surface area (Å²) in [7, 11) is 15.7. The van der Waals surface area contributed by atoms with Gasteiger partial charge in [0.25, 0.3) is 0 Å². The van der Waals surface area contributed by atoms with Gasteiger partial charge in [-0.05, 0) is 0 Å². The molecule has 4 rings (SSSR count). The minimum atomic E-state index is -5.30. The van der Waals surface area contributed by atoms with Crippen LogP contribution in [0.1, 0.15) is 56.2 Å². The molecule has 2 aliphatic carbocycles. The quantitative estimate of drug-likeness (QED) is 0.447. The van der Waals surface area contributed by atoms with Crippen LogP contribution in [-0.4, -0.2) is 16.3 Å². The number of halogens is 2. The van der Waals surface area contributed by atoms with Crippen molar-refractivity contribution in [3.63, 3.8) is 0 Å². The maximum atomic E-state index is 12.6. The molecule has 2 atom stereocenters. The van der Waals surface area contributed by atoms with Crippen LogP contribution in [-0.2, 0) is 25.8 Å². The van der Waals surface area contributed by atoms with Gasteiger partial charge in [0.1, 0.15) is 0 Å². The van der Waals surface area contributed by atoms with Gasteiger partial charge in [-0.1, -0.05) is 0 Å². The number of hydrogen-bond donors (Lipinski definition) is 2. The van der Waals surface area contributed by atoms with Crippen LogP contribution in [0, 0.1) is 0 Å². The summed E-state index contributed by atoms with van der Waals surface area (Å²) in [6.07, 6.45) is 8.76. The Balaban J connectivity index is 1.94. The molecular formula is C24H26BCl2N2O2Zr. The zero-order valence-corrected chi connectivity index (χ0v) is 22.1. The summed E-state index contributed by atoms with van der Waals surface area (Å²) in [6, 6.07) is 16.1. The first kappa shape index (κ1) is 23.5. The van der Waals surface area contributed by atoms with Crippen molar-refractivity contribution < 1.29 is 25.8 Å². The van der Waals surface area contributed by atoms with Crippen molar-refractivity contribution in [2.45, 2.75) is 33.9 Å². The van der Waals surface area contributed by atoms with E-state index in [2.05, 4.69) is 22.6 Å². The third-order valence-corrected chi connectivity index (χ3v) is 26.5. The van der Waals surface area contributed by atoms with E-state index in [-0.39, 0.29) is 31.9 Å². The van der Waals surface area contributed by atoms with Gasteiger partial charge in [0.15, 0.2) is 0 Å². The Kier molecular flexibility index (Phi) is 6.60. The van der Waals surface area contributed by atoms with Crippen molar-refractivity contribution >= 4 is 45.5 Å². The number of rotatable bonds is 7. The van der Waals surface area contributed by atoms with Gasteiger partial charge < -0.3 is 0 Å². The number of carbonyl (C=O) groups is 2. The van der Waals surface area contributed by atoms with Gasteiger partial charge in [-0.3, -0.25) is 0 Å². The van der Waals surface area contributed by atoms with E-state index in [1.165, 1.54) is 0 Å². The molecule has 2 aromatic carbocycles. The number of carbonyl (C=O) groups excluding carboxylic acids is 2. The molecule has 0 fully saturated rings. The Labute approximate surface area is 197 Å². The van der Waals surface area contributed by atoms with Gasteiger partial charge in [0.2, 0.25) is 0 Å². The first-order valence-electron chi connectivity index (χ1n) is 11.0. The summed E-state index contributed by atoms with van der Waals surface area (Å²) in [5.41, 5.74) is 4.22. The van der Waals surface area contributed by atoms with E-state index in [0.29, 0.717) is 0 Å². The summed E-state index contributed by atoms with van der Waals surface area (Å²) < 4.78 is -1.39. The SMILES string of the molecule is CCC(=O)N[B](NC(=O)CC)[Zr]([Cl])([Cl])([CH]1C=Cc2ccccc21)[CH]1C=Cc2ccccc21. The summed E-state index contributed by atoms with van der Waals surface area (Å²) >= 11 is -5.30. The molecule has 2 N–H and O–H groups in total. The zero-order valence-electron chi connectivity index (χ0n) is 18.1. The number of hydrogen-bond acceptors (Lipinski definition) is 2. The van der Waals surface area contributed by atoms with Crippen molar-refractivity contribution in [1.29, 1.82) is 0 Å². The Morgan fingerprint density at radius 3 is 1.62 bits per heavy atom. The van der Waals surface area contributed by atoms with Gasteiger partial charge in [-0.25, -0.2) is 0 Å². The molecule has 0 saturated heterocycles. The van der Waals surface area contributed by atoms with Gasteiger partial charge in [-0.2, -0.15) is 0 Å². The fraction of sp³-hybridized carbons (Fsp3) is 0.250. The molecule has 4 nitrogen and oxygen atoms in total. The number of amides is 2. The number of fused-ring (bicyclic) bond motifs is 2. The van der Waals surface area contributed by atoms with Crippen LogP contribution in [0.15, 0.2) is 60.7 Å². The van der Waals surface area contributed by atoms with Crippen molar-refractivity contribution in [2.24, 2.45) is 0 Å². The average molecular weight is 547 g/mol. The molecule has 2 aromatic rings. The minimum absolute atomic E-state index is 0.196. The van der Waals surface area contributed by atoms with Crippen LogP contribution in [0.2, 0.25) is 0 Å². The second-order valence-electron chi connectivity index (χ2n) is 8.43. The van der Waals surface area contributed by atoms with Gasteiger partial charge in [0, 0.05) is 0 Å². The molecule has 0 radical (unpaired) electrons. The van der Waals surface area contributed by atoms with Crippen LogP contribution in [0.25, 0.3) is 12.2 Å². The summed E-state index contributed by atoms with van der Waals surface area (Å²) in [5.74, 6) is -0.392. The molecule has 165 valence electrons. The molecule has 0 aromatic heterocycles. The second kappa shape index (κ2) is 8.97. The molecule has 2 aliphatic rings. The maximum absolute atomic E-state index is 12.6. The fourth-order valence-electron chi connectivity index (χ4n) is 4.85.